The molecule has 1 atom stereocenters. The monoisotopic (exact) mass is 438 g/mol. The molecule has 29 heavy (non-hydrogen) atoms. The zero-order chi connectivity index (χ0) is 19.7. The molecule has 1 aromatic heterocycles. The van der Waals surface area contributed by atoms with Crippen molar-refractivity contribution < 1.29 is 9.13 Å². The van der Waals surface area contributed by atoms with Crippen LogP contribution in [0.15, 0.2) is 29.3 Å². The maximum Gasteiger partial charge on any atom is 0.139 e. The van der Waals surface area contributed by atoms with Gasteiger partial charge in [-0.1, -0.05) is 0 Å². The van der Waals surface area contributed by atoms with Gasteiger partial charge in [0, 0.05) is 43.8 Å². The number of aryl methyl sites for hydroxylation is 1. The highest BCUT2D eigenvalue weighted by Gasteiger charge is 2.30. The van der Waals surface area contributed by atoms with E-state index in [4.69, 9.17) is 9.73 Å². The first-order chi connectivity index (χ1) is 13.5. The van der Waals surface area contributed by atoms with E-state index >= 15 is 0 Å². The van der Waals surface area contributed by atoms with Crippen molar-refractivity contribution in [2.75, 3.05) is 45.2 Å². The van der Waals surface area contributed by atoms with Crippen molar-refractivity contribution in [1.82, 2.24) is 9.80 Å². The third-order valence-electron chi connectivity index (χ3n) is 5.41. The molecule has 0 radical (unpaired) electrons. The molecular weight excluding hydrogens is 411 g/mol. The number of hydrogen-bond donors (Lipinski definition) is 1. The van der Waals surface area contributed by atoms with Crippen LogP contribution in [-0.4, -0.2) is 61.6 Å². The van der Waals surface area contributed by atoms with Gasteiger partial charge in [0.25, 0.3) is 0 Å². The quantitative estimate of drug-likeness (QED) is 0.696. The first-order valence-electron chi connectivity index (χ1n) is 9.84. The average molecular weight is 439 g/mol. The average Bonchev–Trinajstić information content (AvgIpc) is 2.96. The van der Waals surface area contributed by atoms with Crippen molar-refractivity contribution in [1.29, 1.82) is 0 Å². The van der Waals surface area contributed by atoms with Gasteiger partial charge in [0.1, 0.15) is 16.7 Å². The van der Waals surface area contributed by atoms with Gasteiger partial charge in [0.2, 0.25) is 0 Å². The second-order valence-electron chi connectivity index (χ2n) is 7.39. The third kappa shape index (κ3) is 4.74. The molecule has 1 aromatic carbocycles. The zero-order valence-electron chi connectivity index (χ0n) is 17.1. The van der Waals surface area contributed by atoms with Crippen LogP contribution in [0.3, 0.4) is 0 Å². The molecule has 0 amide bonds. The number of ether oxygens (including phenoxy) is 1. The van der Waals surface area contributed by atoms with Gasteiger partial charge in [-0.15, -0.1) is 23.7 Å². The molecule has 0 spiro atoms. The van der Waals surface area contributed by atoms with Gasteiger partial charge in [0.15, 0.2) is 0 Å². The van der Waals surface area contributed by atoms with E-state index in [0.717, 1.165) is 67.0 Å². The highest BCUT2D eigenvalue weighted by Crippen LogP contribution is 2.39. The number of piperazine rings is 1. The number of nitrogens with one attached hydrogen (secondary N) is 1. The summed E-state index contributed by atoms with van der Waals surface area (Å²) in [6.45, 7) is 8.48. The van der Waals surface area contributed by atoms with Gasteiger partial charge in [0.05, 0.1) is 16.9 Å². The number of benzene rings is 1. The third-order valence-corrected chi connectivity index (χ3v) is 6.37. The van der Waals surface area contributed by atoms with E-state index in [1.165, 1.54) is 17.0 Å². The molecule has 8 heteroatoms. The number of rotatable bonds is 4. The molecule has 2 aliphatic heterocycles. The second kappa shape index (κ2) is 9.43. The molecule has 0 saturated carbocycles. The highest BCUT2D eigenvalue weighted by molar-refractivity contribution is 7.16. The van der Waals surface area contributed by atoms with Crippen molar-refractivity contribution in [3.05, 3.63) is 40.5 Å². The minimum absolute atomic E-state index is 0. The Hall–Kier alpha value is -1.67. The van der Waals surface area contributed by atoms with Gasteiger partial charge >= 0.3 is 0 Å². The van der Waals surface area contributed by atoms with E-state index in [0.29, 0.717) is 6.04 Å². The Balaban J connectivity index is 0.00000240. The SMILES string of the molecule is CCOCC[C@H]1CN(C2=Nc3ccc(F)cc3Nc3sc(C)cc32)CCN1C.Cl. The first-order valence-corrected chi connectivity index (χ1v) is 10.7. The molecule has 1 fully saturated rings. The lowest BCUT2D eigenvalue weighted by atomic mass is 10.1. The van der Waals surface area contributed by atoms with Crippen molar-refractivity contribution in [2.45, 2.75) is 26.3 Å². The number of halogens is 2. The number of hydrogen-bond acceptors (Lipinski definition) is 6. The number of likely N-dealkylation sites (N-methyl/N-ethyl adjacent to an activating group) is 1. The minimum atomic E-state index is -0.254. The number of amidine groups is 1. The summed E-state index contributed by atoms with van der Waals surface area (Å²) in [5, 5.41) is 4.44. The normalized spacial score (nSPS) is 18.8. The molecular formula is C21H28ClFN4OS. The largest absolute Gasteiger partial charge is 0.382 e. The standard InChI is InChI=1S/C21H27FN4OS.ClH/c1-4-27-10-7-16-13-26(9-8-25(16)3)20-17-11-14(2)28-21(17)24-19-12-15(22)5-6-18(19)23-20;/h5-6,11-12,16,24H,4,7-10,13H2,1-3H3;1H/t16-;/m0./s1. The lowest BCUT2D eigenvalue weighted by molar-refractivity contribution is 0.0843. The summed E-state index contributed by atoms with van der Waals surface area (Å²) >= 11 is 1.69. The Bertz CT molecular complexity index is 888. The predicted molar refractivity (Wildman–Crippen MR) is 121 cm³/mol. The first kappa shape index (κ1) is 22.0. The van der Waals surface area contributed by atoms with Crippen LogP contribution in [0.4, 0.5) is 20.8 Å². The van der Waals surface area contributed by atoms with Crippen molar-refractivity contribution in [3.8, 4) is 0 Å². The van der Waals surface area contributed by atoms with E-state index in [9.17, 15) is 4.39 Å². The molecule has 1 N–H and O–H groups in total. The van der Waals surface area contributed by atoms with Crippen molar-refractivity contribution in [2.24, 2.45) is 4.99 Å². The summed E-state index contributed by atoms with van der Waals surface area (Å²) < 4.78 is 19.4. The summed E-state index contributed by atoms with van der Waals surface area (Å²) in [6, 6.07) is 7.36. The Kier molecular flexibility index (Phi) is 7.16. The van der Waals surface area contributed by atoms with Crippen LogP contribution in [0.1, 0.15) is 23.8 Å². The highest BCUT2D eigenvalue weighted by atomic mass is 35.5. The predicted octanol–water partition coefficient (Wildman–Crippen LogP) is 4.80. The van der Waals surface area contributed by atoms with Crippen LogP contribution in [0.5, 0.6) is 0 Å². The van der Waals surface area contributed by atoms with Crippen LogP contribution in [0.25, 0.3) is 0 Å². The molecule has 0 unspecified atom stereocenters. The fourth-order valence-corrected chi connectivity index (χ4v) is 4.75. The number of aliphatic imine (C=N–C) groups is 1. The maximum atomic E-state index is 13.8. The lowest BCUT2D eigenvalue weighted by Crippen LogP contribution is -2.53. The summed E-state index contributed by atoms with van der Waals surface area (Å²) in [5.41, 5.74) is 2.61. The van der Waals surface area contributed by atoms with Crippen LogP contribution >= 0.6 is 23.7 Å². The number of nitrogens with zero attached hydrogens (tertiary/aromatic N) is 3. The van der Waals surface area contributed by atoms with E-state index in [-0.39, 0.29) is 18.2 Å². The Labute approximate surface area is 182 Å². The van der Waals surface area contributed by atoms with Gasteiger partial charge in [-0.2, -0.15) is 0 Å². The Morgan fingerprint density at radius 3 is 2.93 bits per heavy atom. The molecule has 2 aromatic rings. The molecule has 3 heterocycles. The topological polar surface area (TPSA) is 40.1 Å². The molecule has 0 bridgehead atoms. The van der Waals surface area contributed by atoms with Crippen molar-refractivity contribution in [3.63, 3.8) is 0 Å². The molecule has 0 aliphatic carbocycles. The van der Waals surface area contributed by atoms with Crippen LogP contribution in [0, 0.1) is 12.7 Å². The molecule has 4 rings (SSSR count). The molecule has 158 valence electrons. The van der Waals surface area contributed by atoms with Gasteiger partial charge < -0.3 is 15.0 Å². The number of anilines is 2. The van der Waals surface area contributed by atoms with E-state index in [1.807, 2.05) is 6.92 Å². The van der Waals surface area contributed by atoms with Crippen molar-refractivity contribution >= 4 is 46.0 Å². The van der Waals surface area contributed by atoms with E-state index in [1.54, 1.807) is 17.4 Å². The maximum absolute atomic E-state index is 13.8. The Morgan fingerprint density at radius 1 is 1.31 bits per heavy atom. The summed E-state index contributed by atoms with van der Waals surface area (Å²) in [4.78, 5) is 11.0. The summed E-state index contributed by atoms with van der Waals surface area (Å²) in [6.07, 6.45) is 1.00. The van der Waals surface area contributed by atoms with Gasteiger partial charge in [-0.3, -0.25) is 4.90 Å². The van der Waals surface area contributed by atoms with Gasteiger partial charge in [-0.05, 0) is 51.6 Å². The lowest BCUT2D eigenvalue weighted by Gasteiger charge is -2.41. The fourth-order valence-electron chi connectivity index (χ4n) is 3.83. The minimum Gasteiger partial charge on any atom is -0.382 e. The number of thiophene rings is 1. The Morgan fingerprint density at radius 2 is 2.14 bits per heavy atom. The fraction of sp³-hybridized carbons (Fsp3) is 0.476. The van der Waals surface area contributed by atoms with Crippen LogP contribution in [0.2, 0.25) is 0 Å². The zero-order valence-corrected chi connectivity index (χ0v) is 18.7. The van der Waals surface area contributed by atoms with Crippen LogP contribution < -0.4 is 5.32 Å². The molecule has 5 nitrogen and oxygen atoms in total. The van der Waals surface area contributed by atoms with E-state index in [2.05, 4.69) is 35.2 Å². The summed E-state index contributed by atoms with van der Waals surface area (Å²) in [7, 11) is 2.18. The molecule has 2 aliphatic rings. The van der Waals surface area contributed by atoms with E-state index < -0.39 is 0 Å². The number of fused-ring (bicyclic) bond motifs is 2. The smallest absolute Gasteiger partial charge is 0.139 e. The summed E-state index contributed by atoms with van der Waals surface area (Å²) in [5.74, 6) is 0.724. The second-order valence-corrected chi connectivity index (χ2v) is 8.64. The van der Waals surface area contributed by atoms with Crippen LogP contribution in [-0.2, 0) is 4.74 Å². The molecule has 1 saturated heterocycles. The van der Waals surface area contributed by atoms with Gasteiger partial charge in [-0.25, -0.2) is 9.38 Å².